The lowest BCUT2D eigenvalue weighted by atomic mass is 9.92. The molecule has 0 fully saturated rings. The maximum atomic E-state index is 13.5. The lowest BCUT2D eigenvalue weighted by Crippen LogP contribution is -2.45. The van der Waals surface area contributed by atoms with Gasteiger partial charge in [-0.1, -0.05) is 48.5 Å². The van der Waals surface area contributed by atoms with Crippen LogP contribution in [-0.4, -0.2) is 11.1 Å². The summed E-state index contributed by atoms with van der Waals surface area (Å²) in [6, 6.07) is 13.0. The Labute approximate surface area is 165 Å². The van der Waals surface area contributed by atoms with E-state index in [1.807, 2.05) is 6.07 Å². The van der Waals surface area contributed by atoms with Crippen molar-refractivity contribution in [1.82, 2.24) is 10.6 Å². The molecule has 0 amide bonds. The van der Waals surface area contributed by atoms with Gasteiger partial charge in [0.15, 0.2) is 5.11 Å². The Morgan fingerprint density at radius 1 is 1.11 bits per heavy atom. The molecule has 1 atom stereocenters. The number of allylic oxidation sites excluding steroid dienone is 1. The van der Waals surface area contributed by atoms with Gasteiger partial charge in [-0.3, -0.25) is 0 Å². The summed E-state index contributed by atoms with van der Waals surface area (Å²) < 4.78 is 45.8. The van der Waals surface area contributed by atoms with Gasteiger partial charge in [0.05, 0.1) is 17.2 Å². The second kappa shape index (κ2) is 8.02. The topological polar surface area (TPSA) is 50.4 Å². The molecule has 8 heteroatoms. The lowest BCUT2D eigenvalue weighted by molar-refractivity contribution is -0.142. The van der Waals surface area contributed by atoms with Crippen molar-refractivity contribution in [1.29, 1.82) is 0 Å². The largest absolute Gasteiger partial charge is 0.457 e. The van der Waals surface area contributed by atoms with Crippen molar-refractivity contribution in [3.05, 3.63) is 82.6 Å². The third-order valence-electron chi connectivity index (χ3n) is 4.28. The van der Waals surface area contributed by atoms with E-state index in [-0.39, 0.29) is 22.9 Å². The molecule has 0 saturated heterocycles. The van der Waals surface area contributed by atoms with Gasteiger partial charge in [-0.25, -0.2) is 4.79 Å². The molecule has 0 spiro atoms. The Morgan fingerprint density at radius 3 is 2.43 bits per heavy atom. The van der Waals surface area contributed by atoms with E-state index in [1.54, 1.807) is 31.2 Å². The Hall–Kier alpha value is -2.87. The van der Waals surface area contributed by atoms with Crippen LogP contribution in [0.2, 0.25) is 0 Å². The summed E-state index contributed by atoms with van der Waals surface area (Å²) in [4.78, 5) is 12.7. The summed E-state index contributed by atoms with van der Waals surface area (Å²) in [7, 11) is 0. The van der Waals surface area contributed by atoms with Crippen molar-refractivity contribution < 1.29 is 22.7 Å². The standard InChI is InChI=1S/C20H17F3N2O2S/c1-12-16(18(26)27-11-13-7-3-2-4-8-13)17(25-19(28)24-12)14-9-5-6-10-15(14)20(21,22)23/h2-10,17H,11H2,1H3,(H2,24,25,28)/t17-/m1/s1. The maximum absolute atomic E-state index is 13.5. The molecule has 0 unspecified atom stereocenters. The fourth-order valence-corrected chi connectivity index (χ4v) is 3.28. The van der Waals surface area contributed by atoms with E-state index >= 15 is 0 Å². The molecule has 0 aromatic heterocycles. The average molecular weight is 406 g/mol. The van der Waals surface area contributed by atoms with Crippen LogP contribution in [0.4, 0.5) is 13.2 Å². The molecular weight excluding hydrogens is 389 g/mol. The normalized spacial score (nSPS) is 17.0. The number of nitrogens with one attached hydrogen (secondary N) is 2. The number of halogens is 3. The van der Waals surface area contributed by atoms with E-state index in [0.717, 1.165) is 11.6 Å². The molecule has 2 aromatic carbocycles. The van der Waals surface area contributed by atoms with Gasteiger partial charge in [0.25, 0.3) is 0 Å². The molecule has 3 rings (SSSR count). The highest BCUT2D eigenvalue weighted by molar-refractivity contribution is 7.80. The molecule has 4 nitrogen and oxygen atoms in total. The number of carbonyl (C=O) groups is 1. The molecule has 0 saturated carbocycles. The Morgan fingerprint density at radius 2 is 1.75 bits per heavy atom. The van der Waals surface area contributed by atoms with Crippen LogP contribution in [-0.2, 0) is 22.3 Å². The van der Waals surface area contributed by atoms with E-state index in [9.17, 15) is 18.0 Å². The first-order valence-electron chi connectivity index (χ1n) is 8.43. The molecule has 2 N–H and O–H groups in total. The minimum atomic E-state index is -4.57. The van der Waals surface area contributed by atoms with Gasteiger partial charge in [-0.2, -0.15) is 13.2 Å². The predicted molar refractivity (Wildman–Crippen MR) is 102 cm³/mol. The summed E-state index contributed by atoms with van der Waals surface area (Å²) >= 11 is 5.09. The molecule has 1 aliphatic rings. The first-order valence-corrected chi connectivity index (χ1v) is 8.83. The van der Waals surface area contributed by atoms with Gasteiger partial charge in [0.2, 0.25) is 0 Å². The fourth-order valence-electron chi connectivity index (χ4n) is 3.01. The number of hydrogen-bond acceptors (Lipinski definition) is 3. The third kappa shape index (κ3) is 4.33. The van der Waals surface area contributed by atoms with Crippen LogP contribution in [0.25, 0.3) is 0 Å². The highest BCUT2D eigenvalue weighted by atomic mass is 32.1. The van der Waals surface area contributed by atoms with Crippen LogP contribution >= 0.6 is 12.2 Å². The highest BCUT2D eigenvalue weighted by Crippen LogP contribution is 2.38. The Balaban J connectivity index is 1.95. The van der Waals surface area contributed by atoms with E-state index in [4.69, 9.17) is 17.0 Å². The first kappa shape index (κ1) is 19.9. The van der Waals surface area contributed by atoms with Gasteiger partial charge < -0.3 is 15.4 Å². The van der Waals surface area contributed by atoms with E-state index in [0.29, 0.717) is 5.70 Å². The van der Waals surface area contributed by atoms with Crippen LogP contribution in [0.5, 0.6) is 0 Å². The molecule has 0 bridgehead atoms. The number of rotatable bonds is 4. The summed E-state index contributed by atoms with van der Waals surface area (Å²) in [6.07, 6.45) is -4.57. The van der Waals surface area contributed by atoms with Gasteiger partial charge >= 0.3 is 12.1 Å². The summed E-state index contributed by atoms with van der Waals surface area (Å²) in [5, 5.41) is 5.69. The first-order chi connectivity index (χ1) is 13.3. The number of benzene rings is 2. The zero-order chi connectivity index (χ0) is 20.3. The van der Waals surface area contributed by atoms with Crippen molar-refractivity contribution in [2.75, 3.05) is 0 Å². The van der Waals surface area contributed by atoms with E-state index in [2.05, 4.69) is 10.6 Å². The minimum absolute atomic E-state index is 0.00847. The van der Waals surface area contributed by atoms with E-state index in [1.165, 1.54) is 18.2 Å². The molecule has 1 heterocycles. The van der Waals surface area contributed by atoms with Crippen molar-refractivity contribution in [2.24, 2.45) is 0 Å². The monoisotopic (exact) mass is 406 g/mol. The van der Waals surface area contributed by atoms with E-state index < -0.39 is 23.8 Å². The van der Waals surface area contributed by atoms with Gasteiger partial charge in [0.1, 0.15) is 6.61 Å². The van der Waals surface area contributed by atoms with Crippen molar-refractivity contribution in [3.8, 4) is 0 Å². The van der Waals surface area contributed by atoms with Crippen molar-refractivity contribution in [2.45, 2.75) is 25.7 Å². The zero-order valence-electron chi connectivity index (χ0n) is 14.8. The Bertz CT molecular complexity index is 927. The summed E-state index contributed by atoms with van der Waals surface area (Å²) in [5.74, 6) is -0.717. The lowest BCUT2D eigenvalue weighted by Gasteiger charge is -2.31. The van der Waals surface area contributed by atoms with Crippen LogP contribution in [0, 0.1) is 0 Å². The van der Waals surface area contributed by atoms with Crippen LogP contribution in [0.1, 0.15) is 29.7 Å². The Kier molecular flexibility index (Phi) is 5.69. The average Bonchev–Trinajstić information content (AvgIpc) is 2.65. The third-order valence-corrected chi connectivity index (χ3v) is 4.50. The molecule has 2 aromatic rings. The number of alkyl halides is 3. The smallest absolute Gasteiger partial charge is 0.416 e. The molecule has 0 aliphatic carbocycles. The molecule has 146 valence electrons. The second-order valence-corrected chi connectivity index (χ2v) is 6.63. The van der Waals surface area contributed by atoms with Crippen molar-refractivity contribution >= 4 is 23.3 Å². The van der Waals surface area contributed by atoms with Crippen LogP contribution in [0.15, 0.2) is 65.9 Å². The number of esters is 1. The SMILES string of the molecule is CC1=C(C(=O)OCc2ccccc2)[C@@H](c2ccccc2C(F)(F)F)NC(=S)N1. The quantitative estimate of drug-likeness (QED) is 0.588. The number of ether oxygens (including phenoxy) is 1. The predicted octanol–water partition coefficient (Wildman–Crippen LogP) is 4.24. The number of hydrogen-bond donors (Lipinski definition) is 2. The minimum Gasteiger partial charge on any atom is -0.457 e. The zero-order valence-corrected chi connectivity index (χ0v) is 15.7. The molecular formula is C20H17F3N2O2S. The molecule has 1 aliphatic heterocycles. The van der Waals surface area contributed by atoms with Crippen LogP contribution in [0.3, 0.4) is 0 Å². The highest BCUT2D eigenvalue weighted by Gasteiger charge is 2.39. The molecule has 28 heavy (non-hydrogen) atoms. The van der Waals surface area contributed by atoms with Crippen molar-refractivity contribution in [3.63, 3.8) is 0 Å². The fraction of sp³-hybridized carbons (Fsp3) is 0.200. The van der Waals surface area contributed by atoms with Gasteiger partial charge in [-0.15, -0.1) is 0 Å². The van der Waals surface area contributed by atoms with Gasteiger partial charge in [-0.05, 0) is 36.3 Å². The second-order valence-electron chi connectivity index (χ2n) is 6.22. The number of carbonyl (C=O) groups excluding carboxylic acids is 1. The van der Waals surface area contributed by atoms with Crippen LogP contribution < -0.4 is 10.6 Å². The maximum Gasteiger partial charge on any atom is 0.416 e. The number of thiocarbonyl (C=S) groups is 1. The summed E-state index contributed by atoms with van der Waals surface area (Å²) in [5.41, 5.74) is 0.252. The summed E-state index contributed by atoms with van der Waals surface area (Å²) in [6.45, 7) is 1.59. The molecule has 0 radical (unpaired) electrons. The van der Waals surface area contributed by atoms with Gasteiger partial charge in [0, 0.05) is 5.70 Å².